The molecule has 1 aromatic rings. The fourth-order valence-corrected chi connectivity index (χ4v) is 3.22. The zero-order valence-electron chi connectivity index (χ0n) is 12.5. The van der Waals surface area contributed by atoms with Crippen molar-refractivity contribution in [3.8, 4) is 5.75 Å². The first-order valence-corrected chi connectivity index (χ1v) is 7.61. The fraction of sp³-hybridized carbons (Fsp3) is 0.688. The maximum absolute atomic E-state index is 10.7. The zero-order chi connectivity index (χ0) is 14.8. The number of rotatable bonds is 4. The highest BCUT2D eigenvalue weighted by molar-refractivity contribution is 5.23. The van der Waals surface area contributed by atoms with Crippen molar-refractivity contribution in [1.29, 1.82) is 0 Å². The van der Waals surface area contributed by atoms with Crippen molar-refractivity contribution < 1.29 is 19.3 Å². The molecule has 0 unspecified atom stereocenters. The molecular weight excluding hydrogens is 270 g/mol. The average molecular weight is 293 g/mol. The van der Waals surface area contributed by atoms with E-state index in [1.54, 1.807) is 13.3 Å². The van der Waals surface area contributed by atoms with Gasteiger partial charge in [0.15, 0.2) is 5.79 Å². The van der Waals surface area contributed by atoms with Gasteiger partial charge in [-0.25, -0.2) is 0 Å². The predicted octanol–water partition coefficient (Wildman–Crippen LogP) is 2.07. The van der Waals surface area contributed by atoms with Crippen LogP contribution in [0.4, 0.5) is 0 Å². The van der Waals surface area contributed by atoms with Gasteiger partial charge in [0.25, 0.3) is 0 Å². The van der Waals surface area contributed by atoms with Gasteiger partial charge in [-0.3, -0.25) is 4.98 Å². The van der Waals surface area contributed by atoms with Gasteiger partial charge in [0.1, 0.15) is 5.75 Å². The van der Waals surface area contributed by atoms with E-state index in [0.717, 1.165) is 49.8 Å². The number of aromatic nitrogens is 1. The summed E-state index contributed by atoms with van der Waals surface area (Å²) in [6, 6.07) is 1.98. The summed E-state index contributed by atoms with van der Waals surface area (Å²) < 4.78 is 16.6. The van der Waals surface area contributed by atoms with Crippen LogP contribution in [0, 0.1) is 0 Å². The second-order valence-electron chi connectivity index (χ2n) is 6.06. The summed E-state index contributed by atoms with van der Waals surface area (Å²) in [5, 5.41) is 10.7. The molecule has 0 radical (unpaired) electrons. The van der Waals surface area contributed by atoms with Crippen molar-refractivity contribution in [2.75, 3.05) is 20.3 Å². The molecule has 116 valence electrons. The highest BCUT2D eigenvalue weighted by atomic mass is 16.7. The van der Waals surface area contributed by atoms with E-state index in [4.69, 9.17) is 14.2 Å². The first-order chi connectivity index (χ1) is 10.1. The lowest BCUT2D eigenvalue weighted by molar-refractivity contribution is -0.203. The molecule has 0 amide bonds. The molecule has 1 aliphatic carbocycles. The Hall–Kier alpha value is -1.17. The Morgan fingerprint density at radius 1 is 1.19 bits per heavy atom. The van der Waals surface area contributed by atoms with Gasteiger partial charge in [0, 0.05) is 19.0 Å². The van der Waals surface area contributed by atoms with Gasteiger partial charge in [-0.2, -0.15) is 0 Å². The summed E-state index contributed by atoms with van der Waals surface area (Å²) in [4.78, 5) is 4.15. The molecule has 2 fully saturated rings. The molecule has 5 heteroatoms. The number of aliphatic hydroxyl groups is 1. The number of methoxy groups -OCH3 is 1. The number of aryl methyl sites for hydroxylation is 1. The number of pyridine rings is 1. The van der Waals surface area contributed by atoms with Crippen LogP contribution in [0.15, 0.2) is 18.5 Å². The minimum atomic E-state index is -0.621. The minimum Gasteiger partial charge on any atom is -0.495 e. The van der Waals surface area contributed by atoms with Gasteiger partial charge in [-0.15, -0.1) is 0 Å². The molecular formula is C16H23NO4. The third-order valence-electron chi connectivity index (χ3n) is 4.64. The van der Waals surface area contributed by atoms with Crippen LogP contribution in [0.25, 0.3) is 0 Å². The lowest BCUT2D eigenvalue weighted by Crippen LogP contribution is -2.43. The third kappa shape index (κ3) is 3.36. The van der Waals surface area contributed by atoms with E-state index >= 15 is 0 Å². The SMILES string of the molecule is COc1cncc(CCC2(O)CCC3(CC2)OCCO3)c1. The molecule has 1 saturated carbocycles. The van der Waals surface area contributed by atoms with E-state index in [2.05, 4.69) is 4.98 Å². The average Bonchev–Trinajstić information content (AvgIpc) is 2.98. The summed E-state index contributed by atoms with van der Waals surface area (Å²) in [7, 11) is 1.64. The summed E-state index contributed by atoms with van der Waals surface area (Å²) >= 11 is 0. The first-order valence-electron chi connectivity index (χ1n) is 7.61. The molecule has 21 heavy (non-hydrogen) atoms. The molecule has 1 saturated heterocycles. The quantitative estimate of drug-likeness (QED) is 0.921. The molecule has 2 aliphatic rings. The fourth-order valence-electron chi connectivity index (χ4n) is 3.22. The minimum absolute atomic E-state index is 0.413. The van der Waals surface area contributed by atoms with Gasteiger partial charge in [-0.05, 0) is 37.3 Å². The van der Waals surface area contributed by atoms with Crippen molar-refractivity contribution in [3.05, 3.63) is 24.0 Å². The molecule has 1 aromatic heterocycles. The molecule has 0 aromatic carbocycles. The van der Waals surface area contributed by atoms with Gasteiger partial charge in [0.2, 0.25) is 0 Å². The normalized spacial score (nSPS) is 23.3. The Balaban J connectivity index is 1.55. The number of hydrogen-bond acceptors (Lipinski definition) is 5. The van der Waals surface area contributed by atoms with Crippen LogP contribution < -0.4 is 4.74 Å². The standard InChI is InChI=1S/C16H23NO4/c1-19-14-10-13(11-17-12-14)2-3-15(18)4-6-16(7-5-15)20-8-9-21-16/h10-12,18H,2-9H2,1H3. The second-order valence-corrected chi connectivity index (χ2v) is 6.06. The van der Waals surface area contributed by atoms with Crippen LogP contribution >= 0.6 is 0 Å². The van der Waals surface area contributed by atoms with Gasteiger partial charge >= 0.3 is 0 Å². The Morgan fingerprint density at radius 2 is 1.90 bits per heavy atom. The Kier molecular flexibility index (Phi) is 4.15. The highest BCUT2D eigenvalue weighted by Crippen LogP contribution is 2.41. The summed E-state index contributed by atoms with van der Waals surface area (Å²) in [5.74, 6) is 0.346. The van der Waals surface area contributed by atoms with E-state index in [-0.39, 0.29) is 0 Å². The number of hydrogen-bond donors (Lipinski definition) is 1. The van der Waals surface area contributed by atoms with Gasteiger partial charge in [0.05, 0.1) is 32.1 Å². The Labute approximate surface area is 125 Å². The predicted molar refractivity (Wildman–Crippen MR) is 77.2 cm³/mol. The van der Waals surface area contributed by atoms with Crippen molar-refractivity contribution in [2.24, 2.45) is 0 Å². The number of nitrogens with zero attached hydrogens (tertiary/aromatic N) is 1. The Bertz CT molecular complexity index is 475. The Morgan fingerprint density at radius 3 is 2.57 bits per heavy atom. The topological polar surface area (TPSA) is 60.8 Å². The molecule has 1 aliphatic heterocycles. The van der Waals surface area contributed by atoms with Crippen LogP contribution in [-0.2, 0) is 15.9 Å². The van der Waals surface area contributed by atoms with E-state index in [0.29, 0.717) is 13.2 Å². The van der Waals surface area contributed by atoms with Crippen LogP contribution in [0.2, 0.25) is 0 Å². The molecule has 5 nitrogen and oxygen atoms in total. The molecule has 0 bridgehead atoms. The van der Waals surface area contributed by atoms with Crippen LogP contribution in [-0.4, -0.2) is 41.8 Å². The number of ether oxygens (including phenoxy) is 3. The molecule has 2 heterocycles. The van der Waals surface area contributed by atoms with E-state index < -0.39 is 11.4 Å². The molecule has 3 rings (SSSR count). The van der Waals surface area contributed by atoms with Crippen LogP contribution in [0.1, 0.15) is 37.7 Å². The van der Waals surface area contributed by atoms with Crippen LogP contribution in [0.5, 0.6) is 5.75 Å². The molecule has 0 atom stereocenters. The van der Waals surface area contributed by atoms with Gasteiger partial charge < -0.3 is 19.3 Å². The maximum Gasteiger partial charge on any atom is 0.168 e. The lowest BCUT2D eigenvalue weighted by Gasteiger charge is -2.40. The van der Waals surface area contributed by atoms with Crippen molar-refractivity contribution in [3.63, 3.8) is 0 Å². The second kappa shape index (κ2) is 5.91. The van der Waals surface area contributed by atoms with E-state index in [1.807, 2.05) is 12.3 Å². The third-order valence-corrected chi connectivity index (χ3v) is 4.64. The van der Waals surface area contributed by atoms with E-state index in [1.165, 1.54) is 0 Å². The highest BCUT2D eigenvalue weighted by Gasteiger charge is 2.45. The summed E-state index contributed by atoms with van der Waals surface area (Å²) in [6.07, 6.45) is 8.07. The van der Waals surface area contributed by atoms with E-state index in [9.17, 15) is 5.11 Å². The lowest BCUT2D eigenvalue weighted by atomic mass is 9.78. The monoisotopic (exact) mass is 293 g/mol. The molecule has 1 N–H and O–H groups in total. The van der Waals surface area contributed by atoms with Crippen molar-refractivity contribution in [1.82, 2.24) is 4.98 Å². The van der Waals surface area contributed by atoms with Crippen molar-refractivity contribution >= 4 is 0 Å². The zero-order valence-corrected chi connectivity index (χ0v) is 12.5. The first kappa shape index (κ1) is 14.8. The summed E-state index contributed by atoms with van der Waals surface area (Å²) in [5.41, 5.74) is 0.473. The van der Waals surface area contributed by atoms with Crippen molar-refractivity contribution in [2.45, 2.75) is 49.9 Å². The van der Waals surface area contributed by atoms with Gasteiger partial charge in [-0.1, -0.05) is 0 Å². The van der Waals surface area contributed by atoms with Crippen LogP contribution in [0.3, 0.4) is 0 Å². The largest absolute Gasteiger partial charge is 0.495 e. The molecule has 1 spiro atoms. The smallest absolute Gasteiger partial charge is 0.168 e. The maximum atomic E-state index is 10.7. The summed E-state index contributed by atoms with van der Waals surface area (Å²) in [6.45, 7) is 1.35.